The first-order valence-corrected chi connectivity index (χ1v) is 14.2. The molecule has 0 N–H and O–H groups in total. The van der Waals surface area contributed by atoms with Gasteiger partial charge in [0.1, 0.15) is 11.5 Å². The van der Waals surface area contributed by atoms with Gasteiger partial charge in [0.25, 0.3) is 0 Å². The highest BCUT2D eigenvalue weighted by atomic mass is 16.5. The molecule has 0 amide bonds. The largest absolute Gasteiger partial charge is 0.423 e. The van der Waals surface area contributed by atoms with Gasteiger partial charge in [-0.1, -0.05) is 73.8 Å². The maximum absolute atomic E-state index is 11.8. The third kappa shape index (κ3) is 7.02. The third-order valence-corrected chi connectivity index (χ3v) is 7.00. The Morgan fingerprint density at radius 2 is 0.886 bits per heavy atom. The zero-order chi connectivity index (χ0) is 31.2. The van der Waals surface area contributed by atoms with Crippen LogP contribution in [0.15, 0.2) is 146 Å². The number of aryl methyl sites for hydroxylation is 1. The van der Waals surface area contributed by atoms with Crippen LogP contribution in [-0.4, -0.2) is 11.9 Å². The van der Waals surface area contributed by atoms with Crippen LogP contribution in [0, 0.1) is 6.92 Å². The molecule has 44 heavy (non-hydrogen) atoms. The average Bonchev–Trinajstić information content (AvgIpc) is 3.03. The van der Waals surface area contributed by atoms with Crippen molar-refractivity contribution in [3.05, 3.63) is 151 Å². The van der Waals surface area contributed by atoms with E-state index in [1.54, 1.807) is 38.1 Å². The van der Waals surface area contributed by atoms with Crippen LogP contribution in [0.2, 0.25) is 0 Å². The first-order valence-electron chi connectivity index (χ1n) is 14.2. The van der Waals surface area contributed by atoms with Crippen LogP contribution in [0.5, 0.6) is 11.5 Å². The molecule has 5 nitrogen and oxygen atoms in total. The van der Waals surface area contributed by atoms with Gasteiger partial charge < -0.3 is 14.4 Å². The van der Waals surface area contributed by atoms with Gasteiger partial charge in [-0.25, -0.2) is 9.59 Å². The number of anilines is 3. The van der Waals surface area contributed by atoms with E-state index in [0.29, 0.717) is 22.6 Å². The summed E-state index contributed by atoms with van der Waals surface area (Å²) in [5.41, 5.74) is 9.08. The van der Waals surface area contributed by atoms with E-state index in [1.165, 1.54) is 5.56 Å². The lowest BCUT2D eigenvalue weighted by atomic mass is 10.0. The molecule has 0 atom stereocenters. The molecule has 0 aliphatic rings. The van der Waals surface area contributed by atoms with Crippen molar-refractivity contribution >= 4 is 29.0 Å². The summed E-state index contributed by atoms with van der Waals surface area (Å²) < 4.78 is 10.6. The summed E-state index contributed by atoms with van der Waals surface area (Å²) in [5.74, 6) is 0.0842. The normalized spacial score (nSPS) is 10.5. The fourth-order valence-corrected chi connectivity index (χ4v) is 4.64. The maximum Gasteiger partial charge on any atom is 0.338 e. The van der Waals surface area contributed by atoms with Crippen LogP contribution >= 0.6 is 0 Å². The van der Waals surface area contributed by atoms with Crippen molar-refractivity contribution in [2.24, 2.45) is 0 Å². The summed E-state index contributed by atoms with van der Waals surface area (Å²) in [7, 11) is 0. The monoisotopic (exact) mass is 579 g/mol. The Bertz CT molecular complexity index is 1700. The molecule has 0 bridgehead atoms. The standard InChI is InChI=1S/C39H33NO4/c1-26(2)38(41)43-36-21-13-31(14-22-36)29-9-17-33(18-10-29)40(35-8-6-7-28(5)25-35)34-19-11-30(12-20-34)32-15-23-37(24-16-32)44-39(42)27(3)4/h6-25H,1,3H2,2,4-5H3. The van der Waals surface area contributed by atoms with Gasteiger partial charge in [0.2, 0.25) is 0 Å². The molecule has 0 saturated heterocycles. The highest BCUT2D eigenvalue weighted by molar-refractivity contribution is 5.89. The first-order chi connectivity index (χ1) is 21.2. The van der Waals surface area contributed by atoms with Crippen LogP contribution in [0.3, 0.4) is 0 Å². The molecule has 5 rings (SSSR count). The molecule has 0 aromatic heterocycles. The molecule has 5 aromatic rings. The Kier molecular flexibility index (Phi) is 8.87. The van der Waals surface area contributed by atoms with Gasteiger partial charge in [0.15, 0.2) is 0 Å². The molecule has 5 aromatic carbocycles. The van der Waals surface area contributed by atoms with Crippen molar-refractivity contribution in [2.75, 3.05) is 4.90 Å². The van der Waals surface area contributed by atoms with E-state index in [-0.39, 0.29) is 0 Å². The first kappa shape index (κ1) is 29.8. The van der Waals surface area contributed by atoms with Crippen molar-refractivity contribution in [2.45, 2.75) is 20.8 Å². The minimum atomic E-state index is -0.439. The Labute approximate surface area is 258 Å². The molecule has 0 radical (unpaired) electrons. The molecular weight excluding hydrogens is 546 g/mol. The summed E-state index contributed by atoms with van der Waals surface area (Å²) in [5, 5.41) is 0. The predicted molar refractivity (Wildman–Crippen MR) is 178 cm³/mol. The number of nitrogens with zero attached hydrogens (tertiary/aromatic N) is 1. The van der Waals surface area contributed by atoms with Gasteiger partial charge in [-0.15, -0.1) is 0 Å². The highest BCUT2D eigenvalue weighted by Crippen LogP contribution is 2.37. The predicted octanol–water partition coefficient (Wildman–Crippen LogP) is 9.76. The fourth-order valence-electron chi connectivity index (χ4n) is 4.64. The summed E-state index contributed by atoms with van der Waals surface area (Å²) in [6, 6.07) is 40.0. The number of rotatable bonds is 9. The van der Waals surface area contributed by atoms with Crippen LogP contribution < -0.4 is 14.4 Å². The van der Waals surface area contributed by atoms with Crippen LogP contribution in [0.1, 0.15) is 19.4 Å². The number of benzene rings is 5. The molecular formula is C39H33NO4. The lowest BCUT2D eigenvalue weighted by molar-refractivity contribution is -0.130. The van der Waals surface area contributed by atoms with Gasteiger partial charge in [-0.2, -0.15) is 0 Å². The molecule has 0 aliphatic heterocycles. The van der Waals surface area contributed by atoms with E-state index in [4.69, 9.17) is 9.47 Å². The fraction of sp³-hybridized carbons (Fsp3) is 0.0769. The van der Waals surface area contributed by atoms with Gasteiger partial charge in [0.05, 0.1) is 0 Å². The smallest absolute Gasteiger partial charge is 0.338 e. The van der Waals surface area contributed by atoms with Gasteiger partial charge in [-0.05, 0) is 109 Å². The minimum absolute atomic E-state index is 0.356. The third-order valence-electron chi connectivity index (χ3n) is 7.00. The van der Waals surface area contributed by atoms with E-state index in [1.807, 2.05) is 24.3 Å². The van der Waals surface area contributed by atoms with Crippen LogP contribution in [0.4, 0.5) is 17.1 Å². The summed E-state index contributed by atoms with van der Waals surface area (Å²) in [4.78, 5) is 25.9. The quantitative estimate of drug-likeness (QED) is 0.0988. The maximum atomic E-state index is 11.8. The molecule has 0 aliphatic carbocycles. The topological polar surface area (TPSA) is 55.8 Å². The Morgan fingerprint density at radius 1 is 0.523 bits per heavy atom. The molecule has 218 valence electrons. The van der Waals surface area contributed by atoms with E-state index >= 15 is 0 Å². The lowest BCUT2D eigenvalue weighted by Crippen LogP contribution is -2.10. The Morgan fingerprint density at radius 3 is 1.23 bits per heavy atom. The molecule has 0 unspecified atom stereocenters. The second kappa shape index (κ2) is 13.1. The van der Waals surface area contributed by atoms with E-state index < -0.39 is 11.9 Å². The molecule has 0 fully saturated rings. The van der Waals surface area contributed by atoms with Crippen molar-refractivity contribution in [3.63, 3.8) is 0 Å². The number of hydrogen-bond acceptors (Lipinski definition) is 5. The van der Waals surface area contributed by atoms with Crippen LogP contribution in [-0.2, 0) is 9.59 Å². The van der Waals surface area contributed by atoms with E-state index in [2.05, 4.69) is 97.8 Å². The number of esters is 2. The molecule has 0 heterocycles. The van der Waals surface area contributed by atoms with Gasteiger partial charge in [-0.3, -0.25) is 0 Å². The van der Waals surface area contributed by atoms with Crippen molar-refractivity contribution in [1.29, 1.82) is 0 Å². The lowest BCUT2D eigenvalue weighted by Gasteiger charge is -2.26. The van der Waals surface area contributed by atoms with Gasteiger partial charge in [0, 0.05) is 28.2 Å². The zero-order valence-corrected chi connectivity index (χ0v) is 25.0. The Hall–Kier alpha value is -5.68. The molecule has 0 saturated carbocycles. The number of ether oxygens (including phenoxy) is 2. The van der Waals surface area contributed by atoms with Crippen molar-refractivity contribution in [1.82, 2.24) is 0 Å². The SMILES string of the molecule is C=C(C)C(=O)Oc1ccc(-c2ccc(N(c3ccc(-c4ccc(OC(=O)C(=C)C)cc4)cc3)c3cccc(C)c3)cc2)cc1. The summed E-state index contributed by atoms with van der Waals surface area (Å²) in [6.07, 6.45) is 0. The van der Waals surface area contributed by atoms with E-state index in [9.17, 15) is 9.59 Å². The highest BCUT2D eigenvalue weighted by Gasteiger charge is 2.14. The number of hydrogen-bond donors (Lipinski definition) is 0. The number of carbonyl (C=O) groups excluding carboxylic acids is 2. The second-order valence-corrected chi connectivity index (χ2v) is 10.7. The average molecular weight is 580 g/mol. The van der Waals surface area contributed by atoms with Crippen LogP contribution in [0.25, 0.3) is 22.3 Å². The second-order valence-electron chi connectivity index (χ2n) is 10.7. The molecule has 0 spiro atoms. The van der Waals surface area contributed by atoms with E-state index in [0.717, 1.165) is 39.3 Å². The molecule has 5 heteroatoms. The van der Waals surface area contributed by atoms with Crippen molar-refractivity contribution in [3.8, 4) is 33.8 Å². The number of carbonyl (C=O) groups is 2. The zero-order valence-electron chi connectivity index (χ0n) is 25.0. The van der Waals surface area contributed by atoms with Gasteiger partial charge >= 0.3 is 11.9 Å². The minimum Gasteiger partial charge on any atom is -0.423 e. The Balaban J connectivity index is 1.40. The summed E-state index contributed by atoms with van der Waals surface area (Å²) >= 11 is 0. The van der Waals surface area contributed by atoms with Crippen molar-refractivity contribution < 1.29 is 19.1 Å². The summed E-state index contributed by atoms with van der Waals surface area (Å²) in [6.45, 7) is 12.6.